The number of rotatable bonds is 7. The van der Waals surface area contributed by atoms with E-state index in [1.807, 2.05) is 6.07 Å². The third kappa shape index (κ3) is 5.05. The maximum atomic E-state index is 10.8. The van der Waals surface area contributed by atoms with Gasteiger partial charge in [0.1, 0.15) is 12.4 Å². The van der Waals surface area contributed by atoms with Gasteiger partial charge in [-0.2, -0.15) is 5.26 Å². The topological polar surface area (TPSA) is 119 Å². The summed E-state index contributed by atoms with van der Waals surface area (Å²) in [6.07, 6.45) is 1.67. The lowest BCUT2D eigenvalue weighted by atomic mass is 10.0. The first-order chi connectivity index (χ1) is 14.5. The van der Waals surface area contributed by atoms with E-state index >= 15 is 0 Å². The zero-order valence-corrected chi connectivity index (χ0v) is 15.6. The number of allylic oxidation sites excluding steroid dienone is 1. The van der Waals surface area contributed by atoms with Crippen LogP contribution in [0.2, 0.25) is 0 Å². The summed E-state index contributed by atoms with van der Waals surface area (Å²) in [5, 5.41) is 31.0. The maximum Gasteiger partial charge on any atom is 0.269 e. The van der Waals surface area contributed by atoms with Gasteiger partial charge >= 0.3 is 0 Å². The lowest BCUT2D eigenvalue weighted by Crippen LogP contribution is -1.96. The summed E-state index contributed by atoms with van der Waals surface area (Å²) in [5.41, 5.74) is 2.41. The molecule has 0 radical (unpaired) electrons. The van der Waals surface area contributed by atoms with Crippen LogP contribution in [0.5, 0.6) is 5.75 Å². The largest absolute Gasteiger partial charge is 0.489 e. The Bertz CT molecular complexity index is 1150. The molecule has 0 bridgehead atoms. The third-order valence-corrected chi connectivity index (χ3v) is 4.23. The fraction of sp³-hybridized carbons (Fsp3) is 0.0455. The van der Waals surface area contributed by atoms with Crippen LogP contribution >= 0.6 is 0 Å². The SMILES string of the molecule is N#C/C(=C/c1cccc(OCc2ccc([N+](=O)[O-])cc2)c1)c1ccc([N+](=O)[O-])cc1. The average Bonchev–Trinajstić information content (AvgIpc) is 2.76. The number of hydrogen-bond donors (Lipinski definition) is 0. The maximum absolute atomic E-state index is 10.8. The zero-order chi connectivity index (χ0) is 21.5. The van der Waals surface area contributed by atoms with Gasteiger partial charge in [0.05, 0.1) is 21.5 Å². The number of ether oxygens (including phenoxy) is 1. The molecule has 0 fully saturated rings. The Labute approximate surface area is 171 Å². The molecule has 0 unspecified atom stereocenters. The molecule has 3 aromatic carbocycles. The molecule has 8 nitrogen and oxygen atoms in total. The second-order valence-electron chi connectivity index (χ2n) is 6.26. The number of benzene rings is 3. The standard InChI is InChI=1S/C22H15N3O5/c23-14-19(18-6-10-21(11-7-18)25(28)29)12-17-2-1-3-22(13-17)30-15-16-4-8-20(9-5-16)24(26)27/h1-13H,15H2/b19-12-. The van der Waals surface area contributed by atoms with Crippen molar-refractivity contribution in [3.63, 3.8) is 0 Å². The van der Waals surface area contributed by atoms with E-state index in [2.05, 4.69) is 6.07 Å². The third-order valence-electron chi connectivity index (χ3n) is 4.23. The highest BCUT2D eigenvalue weighted by molar-refractivity contribution is 5.89. The van der Waals surface area contributed by atoms with E-state index in [0.717, 1.165) is 11.1 Å². The highest BCUT2D eigenvalue weighted by Gasteiger charge is 2.08. The molecule has 0 N–H and O–H groups in total. The first kappa shape index (κ1) is 20.2. The van der Waals surface area contributed by atoms with Gasteiger partial charge in [0.25, 0.3) is 11.4 Å². The molecular weight excluding hydrogens is 386 g/mol. The Balaban J connectivity index is 1.74. The first-order valence-corrected chi connectivity index (χ1v) is 8.79. The van der Waals surface area contributed by atoms with Gasteiger partial charge in [-0.25, -0.2) is 0 Å². The smallest absolute Gasteiger partial charge is 0.269 e. The minimum atomic E-state index is -0.495. The highest BCUT2D eigenvalue weighted by atomic mass is 16.6. The predicted octanol–water partition coefficient (Wildman–Crippen LogP) is 5.15. The monoisotopic (exact) mass is 401 g/mol. The molecule has 8 heteroatoms. The molecule has 0 atom stereocenters. The normalized spacial score (nSPS) is 10.8. The Morgan fingerprint density at radius 3 is 2.10 bits per heavy atom. The molecule has 0 amide bonds. The first-order valence-electron chi connectivity index (χ1n) is 8.79. The number of nitro benzene ring substituents is 2. The van der Waals surface area contributed by atoms with Crippen molar-refractivity contribution in [1.82, 2.24) is 0 Å². The van der Waals surface area contributed by atoms with Crippen molar-refractivity contribution in [3.05, 3.63) is 110 Å². The van der Waals surface area contributed by atoms with Crippen molar-refractivity contribution in [2.24, 2.45) is 0 Å². The van der Waals surface area contributed by atoms with Crippen molar-refractivity contribution in [2.45, 2.75) is 6.61 Å². The molecule has 0 aliphatic heterocycles. The van der Waals surface area contributed by atoms with Crippen molar-refractivity contribution in [2.75, 3.05) is 0 Å². The summed E-state index contributed by atoms with van der Waals surface area (Å²) in [6, 6.07) is 21.1. The minimum Gasteiger partial charge on any atom is -0.489 e. The Morgan fingerprint density at radius 1 is 0.933 bits per heavy atom. The molecule has 30 heavy (non-hydrogen) atoms. The van der Waals surface area contributed by atoms with Gasteiger partial charge in [-0.05, 0) is 59.2 Å². The predicted molar refractivity (Wildman–Crippen MR) is 110 cm³/mol. The van der Waals surface area contributed by atoms with Crippen LogP contribution in [-0.4, -0.2) is 9.85 Å². The van der Waals surface area contributed by atoms with Crippen molar-refractivity contribution < 1.29 is 14.6 Å². The summed E-state index contributed by atoms with van der Waals surface area (Å²) in [4.78, 5) is 20.5. The van der Waals surface area contributed by atoms with Crippen LogP contribution < -0.4 is 4.74 Å². The Morgan fingerprint density at radius 2 is 1.53 bits per heavy atom. The average molecular weight is 401 g/mol. The fourth-order valence-corrected chi connectivity index (χ4v) is 2.68. The molecule has 0 saturated heterocycles. The van der Waals surface area contributed by atoms with Gasteiger partial charge in [-0.1, -0.05) is 12.1 Å². The molecule has 0 aromatic heterocycles. The van der Waals surface area contributed by atoms with Crippen molar-refractivity contribution in [1.29, 1.82) is 5.26 Å². The van der Waals surface area contributed by atoms with Crippen molar-refractivity contribution >= 4 is 23.0 Å². The van der Waals surface area contributed by atoms with Crippen LogP contribution in [0.25, 0.3) is 11.6 Å². The van der Waals surface area contributed by atoms with Gasteiger partial charge in [0.2, 0.25) is 0 Å². The lowest BCUT2D eigenvalue weighted by Gasteiger charge is -2.07. The second-order valence-corrected chi connectivity index (χ2v) is 6.26. The number of non-ortho nitro benzene ring substituents is 2. The summed E-state index contributed by atoms with van der Waals surface area (Å²) in [6.45, 7) is 0.235. The van der Waals surface area contributed by atoms with Gasteiger partial charge in [-0.15, -0.1) is 0 Å². The minimum absolute atomic E-state index is 0.0150. The van der Waals surface area contributed by atoms with E-state index < -0.39 is 9.85 Å². The van der Waals surface area contributed by atoms with Gasteiger partial charge in [0, 0.05) is 24.3 Å². The second kappa shape index (κ2) is 9.12. The van der Waals surface area contributed by atoms with Crippen LogP contribution in [-0.2, 0) is 6.61 Å². The Kier molecular flexibility index (Phi) is 6.15. The van der Waals surface area contributed by atoms with Gasteiger partial charge < -0.3 is 4.74 Å². The van der Waals surface area contributed by atoms with Crippen LogP contribution in [0.15, 0.2) is 72.8 Å². The van der Waals surface area contributed by atoms with Crippen LogP contribution in [0, 0.1) is 31.6 Å². The van der Waals surface area contributed by atoms with Gasteiger partial charge in [0.15, 0.2) is 0 Å². The molecule has 0 aliphatic rings. The van der Waals surface area contributed by atoms with E-state index in [1.165, 1.54) is 36.4 Å². The van der Waals surface area contributed by atoms with E-state index in [-0.39, 0.29) is 18.0 Å². The zero-order valence-electron chi connectivity index (χ0n) is 15.6. The van der Waals surface area contributed by atoms with Crippen LogP contribution in [0.3, 0.4) is 0 Å². The van der Waals surface area contributed by atoms with Crippen LogP contribution in [0.4, 0.5) is 11.4 Å². The molecule has 3 rings (SSSR count). The molecule has 0 heterocycles. The van der Waals surface area contributed by atoms with Crippen LogP contribution in [0.1, 0.15) is 16.7 Å². The van der Waals surface area contributed by atoms with E-state index in [0.29, 0.717) is 16.9 Å². The quantitative estimate of drug-likeness (QED) is 0.234. The number of hydrogen-bond acceptors (Lipinski definition) is 6. The molecule has 0 spiro atoms. The van der Waals surface area contributed by atoms with E-state index in [1.54, 1.807) is 36.4 Å². The lowest BCUT2D eigenvalue weighted by molar-refractivity contribution is -0.385. The molecule has 148 valence electrons. The Hall–Kier alpha value is -4.51. The summed E-state index contributed by atoms with van der Waals surface area (Å²) in [5.74, 6) is 0.572. The molecule has 0 aliphatic carbocycles. The van der Waals surface area contributed by atoms with Crippen molar-refractivity contribution in [3.8, 4) is 11.8 Å². The molecular formula is C22H15N3O5. The number of nitriles is 1. The number of nitrogens with zero attached hydrogens (tertiary/aromatic N) is 3. The van der Waals surface area contributed by atoms with E-state index in [4.69, 9.17) is 4.74 Å². The number of nitro groups is 2. The van der Waals surface area contributed by atoms with Gasteiger partial charge in [-0.3, -0.25) is 20.2 Å². The highest BCUT2D eigenvalue weighted by Crippen LogP contribution is 2.23. The molecule has 3 aromatic rings. The summed E-state index contributed by atoms with van der Waals surface area (Å²) < 4.78 is 5.74. The summed E-state index contributed by atoms with van der Waals surface area (Å²) in [7, 11) is 0. The van der Waals surface area contributed by atoms with E-state index in [9.17, 15) is 25.5 Å². The summed E-state index contributed by atoms with van der Waals surface area (Å²) >= 11 is 0. The fourth-order valence-electron chi connectivity index (χ4n) is 2.68. The molecule has 0 saturated carbocycles.